The van der Waals surface area contributed by atoms with Crippen LogP contribution in [-0.2, 0) is 0 Å². The molecule has 0 saturated heterocycles. The van der Waals surface area contributed by atoms with Crippen LogP contribution in [0.5, 0.6) is 0 Å². The first kappa shape index (κ1) is 10.4. The van der Waals surface area contributed by atoms with Crippen molar-refractivity contribution in [2.24, 2.45) is 17.1 Å². The molecule has 0 heterocycles. The van der Waals surface area contributed by atoms with Crippen molar-refractivity contribution in [3.05, 3.63) is 0 Å². The second kappa shape index (κ2) is 3.49. The van der Waals surface area contributed by atoms with Crippen molar-refractivity contribution in [1.82, 2.24) is 0 Å². The average Bonchev–Trinajstić information content (AvgIpc) is 2.16. The summed E-state index contributed by atoms with van der Waals surface area (Å²) in [7, 11) is 0. The van der Waals surface area contributed by atoms with E-state index in [0.29, 0.717) is 12.5 Å². The van der Waals surface area contributed by atoms with E-state index in [4.69, 9.17) is 5.73 Å². The summed E-state index contributed by atoms with van der Waals surface area (Å²) < 4.78 is 0. The molecule has 2 rings (SSSR count). The second-order valence-corrected chi connectivity index (χ2v) is 5.59. The molecule has 0 bridgehead atoms. The van der Waals surface area contributed by atoms with Crippen molar-refractivity contribution < 1.29 is 5.11 Å². The summed E-state index contributed by atoms with van der Waals surface area (Å²) in [4.78, 5) is 0. The summed E-state index contributed by atoms with van der Waals surface area (Å²) in [5.41, 5.74) is 5.57. The summed E-state index contributed by atoms with van der Waals surface area (Å²) in [5, 5.41) is 10.6. The van der Waals surface area contributed by atoms with Gasteiger partial charge in [-0.15, -0.1) is 0 Å². The fourth-order valence-electron chi connectivity index (χ4n) is 3.61. The predicted octanol–water partition coefficient (Wildman–Crippen LogP) is 2.06. The van der Waals surface area contributed by atoms with E-state index in [9.17, 15) is 5.11 Å². The van der Waals surface area contributed by atoms with Crippen molar-refractivity contribution in [2.75, 3.05) is 6.54 Å². The predicted molar refractivity (Wildman–Crippen MR) is 57.9 cm³/mol. The summed E-state index contributed by atoms with van der Waals surface area (Å²) in [6.07, 6.45) is 8.09. The lowest BCUT2D eigenvalue weighted by Crippen LogP contribution is -2.60. The molecule has 0 aromatic heterocycles. The molecule has 0 aromatic carbocycles. The minimum Gasteiger partial charge on any atom is -0.389 e. The van der Waals surface area contributed by atoms with Crippen LogP contribution in [0.4, 0.5) is 0 Å². The quantitative estimate of drug-likeness (QED) is 0.711. The molecule has 2 aliphatic rings. The molecule has 0 unspecified atom stereocenters. The zero-order chi connectivity index (χ0) is 10.2. The van der Waals surface area contributed by atoms with Gasteiger partial charge in [0.1, 0.15) is 0 Å². The van der Waals surface area contributed by atoms with Crippen molar-refractivity contribution in [3.8, 4) is 0 Å². The fraction of sp³-hybridized carbons (Fsp3) is 1.00. The van der Waals surface area contributed by atoms with Crippen LogP contribution in [0.1, 0.15) is 51.9 Å². The van der Waals surface area contributed by atoms with E-state index >= 15 is 0 Å². The van der Waals surface area contributed by atoms with Crippen LogP contribution in [0.15, 0.2) is 0 Å². The van der Waals surface area contributed by atoms with Crippen LogP contribution in [0.2, 0.25) is 0 Å². The van der Waals surface area contributed by atoms with E-state index in [-0.39, 0.29) is 5.41 Å². The van der Waals surface area contributed by atoms with Gasteiger partial charge in [-0.3, -0.25) is 0 Å². The SMILES string of the molecule is CC1CC(O)(C2(CN)CCCCC2)C1. The Morgan fingerprint density at radius 3 is 2.21 bits per heavy atom. The maximum atomic E-state index is 10.6. The molecule has 14 heavy (non-hydrogen) atoms. The Morgan fingerprint density at radius 2 is 1.79 bits per heavy atom. The van der Waals surface area contributed by atoms with Crippen molar-refractivity contribution >= 4 is 0 Å². The van der Waals surface area contributed by atoms with E-state index in [1.807, 2.05) is 0 Å². The molecule has 2 saturated carbocycles. The van der Waals surface area contributed by atoms with E-state index in [0.717, 1.165) is 25.7 Å². The second-order valence-electron chi connectivity index (χ2n) is 5.59. The van der Waals surface area contributed by atoms with Gasteiger partial charge in [-0.05, 0) is 31.6 Å². The van der Waals surface area contributed by atoms with Crippen LogP contribution >= 0.6 is 0 Å². The number of hydrogen-bond donors (Lipinski definition) is 2. The minimum absolute atomic E-state index is 0.0672. The van der Waals surface area contributed by atoms with Gasteiger partial charge in [-0.25, -0.2) is 0 Å². The highest BCUT2D eigenvalue weighted by Gasteiger charge is 2.55. The molecule has 0 spiro atoms. The summed E-state index contributed by atoms with van der Waals surface area (Å²) in [6.45, 7) is 2.90. The Labute approximate surface area is 86.9 Å². The molecule has 82 valence electrons. The van der Waals surface area contributed by atoms with Crippen LogP contribution < -0.4 is 5.73 Å². The highest BCUT2D eigenvalue weighted by atomic mass is 16.3. The summed E-state index contributed by atoms with van der Waals surface area (Å²) in [6, 6.07) is 0. The topological polar surface area (TPSA) is 46.2 Å². The number of hydrogen-bond acceptors (Lipinski definition) is 2. The summed E-state index contributed by atoms with van der Waals surface area (Å²) in [5.74, 6) is 0.699. The lowest BCUT2D eigenvalue weighted by molar-refractivity contribution is -0.172. The van der Waals surface area contributed by atoms with Gasteiger partial charge in [-0.2, -0.15) is 0 Å². The lowest BCUT2D eigenvalue weighted by atomic mass is 9.53. The van der Waals surface area contributed by atoms with E-state index in [1.165, 1.54) is 19.3 Å². The van der Waals surface area contributed by atoms with Gasteiger partial charge in [0.2, 0.25) is 0 Å². The monoisotopic (exact) mass is 197 g/mol. The zero-order valence-electron chi connectivity index (χ0n) is 9.26. The van der Waals surface area contributed by atoms with E-state index < -0.39 is 5.60 Å². The Kier molecular flexibility index (Phi) is 2.61. The van der Waals surface area contributed by atoms with Crippen LogP contribution in [0.25, 0.3) is 0 Å². The van der Waals surface area contributed by atoms with Gasteiger partial charge in [0.05, 0.1) is 5.60 Å². The molecule has 2 aliphatic carbocycles. The van der Waals surface area contributed by atoms with Crippen molar-refractivity contribution in [2.45, 2.75) is 57.5 Å². The highest BCUT2D eigenvalue weighted by Crippen LogP contribution is 2.55. The largest absolute Gasteiger partial charge is 0.389 e. The summed E-state index contributed by atoms with van der Waals surface area (Å²) >= 11 is 0. The average molecular weight is 197 g/mol. The van der Waals surface area contributed by atoms with Crippen molar-refractivity contribution in [3.63, 3.8) is 0 Å². The van der Waals surface area contributed by atoms with Gasteiger partial charge in [0.25, 0.3) is 0 Å². The van der Waals surface area contributed by atoms with E-state index in [2.05, 4.69) is 6.92 Å². The molecule has 0 amide bonds. The van der Waals surface area contributed by atoms with Gasteiger partial charge in [0.15, 0.2) is 0 Å². The molecule has 3 N–H and O–H groups in total. The Morgan fingerprint density at radius 1 is 1.21 bits per heavy atom. The Bertz CT molecular complexity index is 202. The standard InChI is InChI=1S/C12H23NO/c1-10-7-12(14,8-10)11(9-13)5-3-2-4-6-11/h10,14H,2-9,13H2,1H3. The molecular formula is C12H23NO. The first-order valence-electron chi connectivity index (χ1n) is 6.04. The normalized spacial score (nSPS) is 41.8. The molecule has 0 aliphatic heterocycles. The van der Waals surface area contributed by atoms with Gasteiger partial charge >= 0.3 is 0 Å². The van der Waals surface area contributed by atoms with Gasteiger partial charge < -0.3 is 10.8 Å². The molecule has 2 heteroatoms. The smallest absolute Gasteiger partial charge is 0.0720 e. The maximum Gasteiger partial charge on any atom is 0.0720 e. The molecule has 2 fully saturated rings. The van der Waals surface area contributed by atoms with Crippen LogP contribution in [0.3, 0.4) is 0 Å². The third-order valence-electron chi connectivity index (χ3n) is 4.56. The van der Waals surface area contributed by atoms with E-state index in [1.54, 1.807) is 0 Å². The highest BCUT2D eigenvalue weighted by molar-refractivity contribution is 5.07. The first-order valence-corrected chi connectivity index (χ1v) is 6.04. The van der Waals surface area contributed by atoms with Crippen molar-refractivity contribution in [1.29, 1.82) is 0 Å². The number of rotatable bonds is 2. The maximum absolute atomic E-state index is 10.6. The minimum atomic E-state index is -0.415. The zero-order valence-corrected chi connectivity index (χ0v) is 9.26. The first-order chi connectivity index (χ1) is 6.62. The fourth-order valence-corrected chi connectivity index (χ4v) is 3.61. The van der Waals surface area contributed by atoms with Gasteiger partial charge in [0, 0.05) is 12.0 Å². The molecule has 0 atom stereocenters. The Hall–Kier alpha value is -0.0800. The van der Waals surface area contributed by atoms with Crippen LogP contribution in [0, 0.1) is 11.3 Å². The molecular weight excluding hydrogens is 174 g/mol. The lowest BCUT2D eigenvalue weighted by Gasteiger charge is -2.56. The van der Waals surface area contributed by atoms with Crippen LogP contribution in [-0.4, -0.2) is 17.3 Å². The van der Waals surface area contributed by atoms with Gasteiger partial charge in [-0.1, -0.05) is 26.2 Å². The molecule has 0 aromatic rings. The number of aliphatic hydroxyl groups is 1. The Balaban J connectivity index is 2.10. The molecule has 0 radical (unpaired) electrons. The third kappa shape index (κ3) is 1.40. The third-order valence-corrected chi connectivity index (χ3v) is 4.56. The molecule has 2 nitrogen and oxygen atoms in total. The number of nitrogens with two attached hydrogens (primary N) is 1.